The highest BCUT2D eigenvalue weighted by molar-refractivity contribution is 5.77. The van der Waals surface area contributed by atoms with Gasteiger partial charge in [-0.15, -0.1) is 0 Å². The number of nitrogen functional groups attached to an aromatic ring is 1. The fourth-order valence-corrected chi connectivity index (χ4v) is 1.07. The molecule has 0 spiro atoms. The number of nitrogens with two attached hydrogens (primary N) is 1. The molecule has 0 aromatic heterocycles. The zero-order valence-electron chi connectivity index (χ0n) is 8.82. The predicted octanol–water partition coefficient (Wildman–Crippen LogP) is 1.17. The highest BCUT2D eigenvalue weighted by Gasteiger charge is 2.03. The van der Waals surface area contributed by atoms with E-state index in [4.69, 9.17) is 10.5 Å². The van der Waals surface area contributed by atoms with Crippen molar-refractivity contribution in [2.45, 2.75) is 13.3 Å². The van der Waals surface area contributed by atoms with Gasteiger partial charge in [-0.25, -0.2) is 0 Å². The van der Waals surface area contributed by atoms with Crippen LogP contribution in [0, 0.1) is 0 Å². The third kappa shape index (κ3) is 3.89. The summed E-state index contributed by atoms with van der Waals surface area (Å²) in [6.45, 7) is 2.68. The minimum atomic E-state index is -0.125. The number of rotatable bonds is 5. The normalized spacial score (nSPS) is 9.67. The van der Waals surface area contributed by atoms with Crippen molar-refractivity contribution in [3.8, 4) is 5.75 Å². The highest BCUT2D eigenvalue weighted by atomic mass is 16.5. The van der Waals surface area contributed by atoms with Crippen LogP contribution in [0.15, 0.2) is 24.3 Å². The van der Waals surface area contributed by atoms with Gasteiger partial charge in [-0.1, -0.05) is 19.1 Å². The first kappa shape index (κ1) is 11.4. The van der Waals surface area contributed by atoms with E-state index in [-0.39, 0.29) is 12.5 Å². The predicted molar refractivity (Wildman–Crippen MR) is 59.7 cm³/mol. The summed E-state index contributed by atoms with van der Waals surface area (Å²) >= 11 is 0. The number of benzene rings is 1. The maximum atomic E-state index is 11.2. The van der Waals surface area contributed by atoms with E-state index >= 15 is 0 Å². The van der Waals surface area contributed by atoms with E-state index in [1.807, 2.05) is 19.1 Å². The van der Waals surface area contributed by atoms with E-state index < -0.39 is 0 Å². The summed E-state index contributed by atoms with van der Waals surface area (Å²) in [7, 11) is 0. The van der Waals surface area contributed by atoms with E-state index in [1.165, 1.54) is 0 Å². The van der Waals surface area contributed by atoms with Gasteiger partial charge in [-0.3, -0.25) is 4.79 Å². The molecule has 4 heteroatoms. The average molecular weight is 208 g/mol. The van der Waals surface area contributed by atoms with Crippen molar-refractivity contribution >= 4 is 11.6 Å². The standard InChI is InChI=1S/C11H16N2O2/c1-2-7-13-11(14)8-15-10-6-4-3-5-9(10)12/h3-6H,2,7-8,12H2,1H3,(H,13,14). The summed E-state index contributed by atoms with van der Waals surface area (Å²) in [5.41, 5.74) is 6.19. The van der Waals surface area contributed by atoms with Crippen LogP contribution in [0.1, 0.15) is 13.3 Å². The molecule has 0 aliphatic carbocycles. The summed E-state index contributed by atoms with van der Waals surface area (Å²) in [4.78, 5) is 11.2. The summed E-state index contributed by atoms with van der Waals surface area (Å²) in [5.74, 6) is 0.421. The van der Waals surface area contributed by atoms with Gasteiger partial charge in [0.25, 0.3) is 5.91 Å². The van der Waals surface area contributed by atoms with Crippen LogP contribution in [0.4, 0.5) is 5.69 Å². The fraction of sp³-hybridized carbons (Fsp3) is 0.364. The Morgan fingerprint density at radius 1 is 1.47 bits per heavy atom. The van der Waals surface area contributed by atoms with Crippen LogP contribution in [0.2, 0.25) is 0 Å². The molecule has 1 aromatic rings. The van der Waals surface area contributed by atoms with Gasteiger partial charge in [0.05, 0.1) is 5.69 Å². The van der Waals surface area contributed by atoms with Crippen molar-refractivity contribution < 1.29 is 9.53 Å². The molecule has 0 fully saturated rings. The van der Waals surface area contributed by atoms with Gasteiger partial charge in [0.15, 0.2) is 6.61 Å². The molecule has 1 aromatic carbocycles. The SMILES string of the molecule is CCCNC(=O)COc1ccccc1N. The smallest absolute Gasteiger partial charge is 0.257 e. The lowest BCUT2D eigenvalue weighted by atomic mass is 10.3. The first-order valence-electron chi connectivity index (χ1n) is 4.98. The minimum absolute atomic E-state index is 0.00815. The van der Waals surface area contributed by atoms with Gasteiger partial charge < -0.3 is 15.8 Å². The highest BCUT2D eigenvalue weighted by Crippen LogP contribution is 2.19. The molecule has 82 valence electrons. The van der Waals surface area contributed by atoms with Crippen LogP contribution in [0.3, 0.4) is 0 Å². The molecule has 15 heavy (non-hydrogen) atoms. The molecule has 0 heterocycles. The number of hydrogen-bond donors (Lipinski definition) is 2. The van der Waals surface area contributed by atoms with Crippen molar-refractivity contribution in [2.75, 3.05) is 18.9 Å². The molecule has 0 aliphatic rings. The van der Waals surface area contributed by atoms with Gasteiger partial charge in [0.1, 0.15) is 5.75 Å². The van der Waals surface area contributed by atoms with Gasteiger partial charge in [0, 0.05) is 6.54 Å². The number of carbonyl (C=O) groups is 1. The zero-order valence-corrected chi connectivity index (χ0v) is 8.82. The Morgan fingerprint density at radius 2 is 2.20 bits per heavy atom. The third-order valence-electron chi connectivity index (χ3n) is 1.85. The van der Waals surface area contributed by atoms with Crippen LogP contribution in [-0.4, -0.2) is 19.1 Å². The van der Waals surface area contributed by atoms with Gasteiger partial charge in [-0.2, -0.15) is 0 Å². The largest absolute Gasteiger partial charge is 0.482 e. The van der Waals surface area contributed by atoms with E-state index in [0.29, 0.717) is 18.0 Å². The summed E-state index contributed by atoms with van der Waals surface area (Å²) in [6, 6.07) is 7.11. The molecule has 0 bridgehead atoms. The van der Waals surface area contributed by atoms with Crippen molar-refractivity contribution in [1.82, 2.24) is 5.32 Å². The molecule has 0 saturated heterocycles. The van der Waals surface area contributed by atoms with Crippen molar-refractivity contribution in [1.29, 1.82) is 0 Å². The van der Waals surface area contributed by atoms with Gasteiger partial charge >= 0.3 is 0 Å². The number of anilines is 1. The van der Waals surface area contributed by atoms with Gasteiger partial charge in [0.2, 0.25) is 0 Å². The number of hydrogen-bond acceptors (Lipinski definition) is 3. The van der Waals surface area contributed by atoms with Gasteiger partial charge in [-0.05, 0) is 18.6 Å². The fourth-order valence-electron chi connectivity index (χ4n) is 1.07. The first-order valence-corrected chi connectivity index (χ1v) is 4.98. The molecule has 0 radical (unpaired) electrons. The lowest BCUT2D eigenvalue weighted by molar-refractivity contribution is -0.123. The van der Waals surface area contributed by atoms with Crippen LogP contribution in [0.5, 0.6) is 5.75 Å². The number of ether oxygens (including phenoxy) is 1. The second kappa shape index (κ2) is 5.90. The Labute approximate surface area is 89.4 Å². The number of nitrogens with one attached hydrogen (secondary N) is 1. The monoisotopic (exact) mass is 208 g/mol. The molecule has 1 rings (SSSR count). The average Bonchev–Trinajstić information content (AvgIpc) is 2.25. The maximum absolute atomic E-state index is 11.2. The minimum Gasteiger partial charge on any atom is -0.482 e. The second-order valence-electron chi connectivity index (χ2n) is 3.18. The molecule has 0 saturated carbocycles. The number of amides is 1. The molecular formula is C11H16N2O2. The van der Waals surface area contributed by atoms with Crippen LogP contribution >= 0.6 is 0 Å². The van der Waals surface area contributed by atoms with E-state index in [1.54, 1.807) is 12.1 Å². The third-order valence-corrected chi connectivity index (χ3v) is 1.85. The van der Waals surface area contributed by atoms with E-state index in [9.17, 15) is 4.79 Å². The molecule has 4 nitrogen and oxygen atoms in total. The van der Waals surface area contributed by atoms with Crippen LogP contribution in [-0.2, 0) is 4.79 Å². The maximum Gasteiger partial charge on any atom is 0.257 e. The molecule has 3 N–H and O–H groups in total. The molecule has 0 atom stereocenters. The lowest BCUT2D eigenvalue weighted by Gasteiger charge is -2.08. The number of para-hydroxylation sites is 2. The van der Waals surface area contributed by atoms with E-state index in [0.717, 1.165) is 6.42 Å². The van der Waals surface area contributed by atoms with Crippen LogP contribution in [0.25, 0.3) is 0 Å². The zero-order chi connectivity index (χ0) is 11.1. The first-order chi connectivity index (χ1) is 7.24. The second-order valence-corrected chi connectivity index (χ2v) is 3.18. The van der Waals surface area contributed by atoms with Crippen molar-refractivity contribution in [3.63, 3.8) is 0 Å². The van der Waals surface area contributed by atoms with Crippen molar-refractivity contribution in [3.05, 3.63) is 24.3 Å². The Balaban J connectivity index is 2.37. The molecular weight excluding hydrogens is 192 g/mol. The Kier molecular flexibility index (Phi) is 4.47. The molecule has 0 unspecified atom stereocenters. The van der Waals surface area contributed by atoms with Crippen LogP contribution < -0.4 is 15.8 Å². The summed E-state index contributed by atoms with van der Waals surface area (Å²) in [6.07, 6.45) is 0.916. The summed E-state index contributed by atoms with van der Waals surface area (Å²) in [5, 5.41) is 2.72. The Hall–Kier alpha value is -1.71. The lowest BCUT2D eigenvalue weighted by Crippen LogP contribution is -2.29. The summed E-state index contributed by atoms with van der Waals surface area (Å²) < 4.78 is 5.26. The Morgan fingerprint density at radius 3 is 2.87 bits per heavy atom. The quantitative estimate of drug-likeness (QED) is 0.714. The van der Waals surface area contributed by atoms with Crippen molar-refractivity contribution in [2.24, 2.45) is 0 Å². The topological polar surface area (TPSA) is 64.3 Å². The van der Waals surface area contributed by atoms with E-state index in [2.05, 4.69) is 5.32 Å². The Bertz CT molecular complexity index is 326. The number of carbonyl (C=O) groups excluding carboxylic acids is 1. The molecule has 0 aliphatic heterocycles. The molecule has 1 amide bonds.